The van der Waals surface area contributed by atoms with Gasteiger partial charge in [0.15, 0.2) is 0 Å². The molecule has 0 unspecified atom stereocenters. The van der Waals surface area contributed by atoms with Crippen LogP contribution in [0.2, 0.25) is 0 Å². The van der Waals surface area contributed by atoms with Gasteiger partial charge in [-0.15, -0.1) is 0 Å². The number of hydrogen-bond acceptors (Lipinski definition) is 3. The highest BCUT2D eigenvalue weighted by Gasteiger charge is 2.35. The maximum atomic E-state index is 11.8. The average Bonchev–Trinajstić information content (AvgIpc) is 3.17. The zero-order valence-corrected chi connectivity index (χ0v) is 11.2. The third-order valence-corrected chi connectivity index (χ3v) is 3.48. The molecule has 0 aromatic heterocycles. The smallest absolute Gasteiger partial charge is 0.273 e. The molecule has 98 valence electrons. The van der Waals surface area contributed by atoms with E-state index in [1.165, 1.54) is 0 Å². The van der Waals surface area contributed by atoms with Crippen LogP contribution in [0.25, 0.3) is 6.08 Å². The van der Waals surface area contributed by atoms with Crippen LogP contribution >= 0.6 is 0 Å². The highest BCUT2D eigenvalue weighted by atomic mass is 16.2. The molecular weight excluding hydrogens is 238 g/mol. The van der Waals surface area contributed by atoms with Crippen LogP contribution in [0.1, 0.15) is 18.4 Å². The zero-order chi connectivity index (χ0) is 13.4. The van der Waals surface area contributed by atoms with Gasteiger partial charge < -0.3 is 4.90 Å². The molecule has 19 heavy (non-hydrogen) atoms. The number of anilines is 1. The van der Waals surface area contributed by atoms with Crippen molar-refractivity contribution in [3.05, 3.63) is 35.4 Å². The van der Waals surface area contributed by atoms with Crippen LogP contribution in [0.15, 0.2) is 34.9 Å². The lowest BCUT2D eigenvalue weighted by Crippen LogP contribution is -2.13. The second-order valence-electron chi connectivity index (χ2n) is 5.26. The Morgan fingerprint density at radius 1 is 1.26 bits per heavy atom. The molecule has 1 amide bonds. The molecule has 1 N–H and O–H groups in total. The summed E-state index contributed by atoms with van der Waals surface area (Å²) in [5.74, 6) is 0.393. The van der Waals surface area contributed by atoms with Gasteiger partial charge in [-0.25, -0.2) is 5.43 Å². The molecule has 0 atom stereocenters. The van der Waals surface area contributed by atoms with Crippen LogP contribution in [0.3, 0.4) is 0 Å². The third kappa shape index (κ3) is 2.38. The summed E-state index contributed by atoms with van der Waals surface area (Å²) in [4.78, 5) is 13.8. The van der Waals surface area contributed by atoms with Crippen molar-refractivity contribution in [1.29, 1.82) is 0 Å². The number of amides is 1. The predicted octanol–water partition coefficient (Wildman–Crippen LogP) is 2.03. The van der Waals surface area contributed by atoms with Crippen LogP contribution < -0.4 is 10.3 Å². The Morgan fingerprint density at radius 2 is 1.95 bits per heavy atom. The summed E-state index contributed by atoms with van der Waals surface area (Å²) in [6, 6.07) is 8.15. The first-order chi connectivity index (χ1) is 9.15. The molecule has 0 radical (unpaired) electrons. The van der Waals surface area contributed by atoms with E-state index in [1.807, 2.05) is 44.4 Å². The van der Waals surface area contributed by atoms with Crippen molar-refractivity contribution < 1.29 is 4.79 Å². The van der Waals surface area contributed by atoms with Gasteiger partial charge in [0.2, 0.25) is 0 Å². The summed E-state index contributed by atoms with van der Waals surface area (Å²) in [5, 5.41) is 4.14. The lowest BCUT2D eigenvalue weighted by atomic mass is 10.0. The van der Waals surface area contributed by atoms with Crippen molar-refractivity contribution in [2.75, 3.05) is 19.0 Å². The van der Waals surface area contributed by atoms with E-state index in [4.69, 9.17) is 0 Å². The Labute approximate surface area is 112 Å². The lowest BCUT2D eigenvalue weighted by Gasteiger charge is -2.12. The number of hydrazone groups is 1. The second-order valence-corrected chi connectivity index (χ2v) is 5.26. The number of nitrogens with one attached hydrogen (secondary N) is 1. The first kappa shape index (κ1) is 12.0. The first-order valence-corrected chi connectivity index (χ1v) is 6.52. The number of carbonyl (C=O) groups is 1. The molecule has 1 heterocycles. The Hall–Kier alpha value is -2.10. The monoisotopic (exact) mass is 255 g/mol. The van der Waals surface area contributed by atoms with E-state index >= 15 is 0 Å². The molecular formula is C15H17N3O. The van der Waals surface area contributed by atoms with Gasteiger partial charge in [-0.05, 0) is 36.6 Å². The van der Waals surface area contributed by atoms with Crippen LogP contribution in [0.4, 0.5) is 5.69 Å². The fraction of sp³-hybridized carbons (Fsp3) is 0.333. The summed E-state index contributed by atoms with van der Waals surface area (Å²) in [6.07, 6.45) is 4.22. The third-order valence-electron chi connectivity index (χ3n) is 3.48. The van der Waals surface area contributed by atoms with Gasteiger partial charge in [-0.2, -0.15) is 5.10 Å². The maximum absolute atomic E-state index is 11.8. The van der Waals surface area contributed by atoms with Crippen molar-refractivity contribution in [2.24, 2.45) is 11.0 Å². The minimum Gasteiger partial charge on any atom is -0.378 e. The van der Waals surface area contributed by atoms with E-state index in [-0.39, 0.29) is 5.91 Å². The Kier molecular flexibility index (Phi) is 2.85. The van der Waals surface area contributed by atoms with Crippen molar-refractivity contribution in [1.82, 2.24) is 5.43 Å². The van der Waals surface area contributed by atoms with E-state index < -0.39 is 0 Å². The summed E-state index contributed by atoms with van der Waals surface area (Å²) in [7, 11) is 4.02. The fourth-order valence-electron chi connectivity index (χ4n) is 2.19. The molecule has 1 aliphatic carbocycles. The Morgan fingerprint density at radius 3 is 2.53 bits per heavy atom. The predicted molar refractivity (Wildman–Crippen MR) is 77.0 cm³/mol. The van der Waals surface area contributed by atoms with E-state index in [1.54, 1.807) is 0 Å². The molecule has 1 aliphatic heterocycles. The largest absolute Gasteiger partial charge is 0.378 e. The molecule has 3 rings (SSSR count). The number of rotatable bonds is 3. The van der Waals surface area contributed by atoms with Gasteiger partial charge in [0.05, 0.1) is 11.3 Å². The van der Waals surface area contributed by atoms with E-state index in [2.05, 4.69) is 15.4 Å². The van der Waals surface area contributed by atoms with E-state index in [0.717, 1.165) is 35.4 Å². The molecule has 4 heteroatoms. The highest BCUT2D eigenvalue weighted by Crippen LogP contribution is 2.35. The van der Waals surface area contributed by atoms with Crippen molar-refractivity contribution in [2.45, 2.75) is 12.8 Å². The SMILES string of the molecule is CN(C)c1ccc(/C=C2/C(=O)NN=C2C2CC2)cc1. The minimum atomic E-state index is -0.0846. The number of nitrogens with zero attached hydrogens (tertiary/aromatic N) is 2. The van der Waals surface area contributed by atoms with Crippen LogP contribution in [-0.4, -0.2) is 25.7 Å². The lowest BCUT2D eigenvalue weighted by molar-refractivity contribution is -0.116. The highest BCUT2D eigenvalue weighted by molar-refractivity contribution is 6.28. The Bertz CT molecular complexity index is 566. The molecule has 0 saturated heterocycles. The molecule has 1 aromatic carbocycles. The van der Waals surface area contributed by atoms with Crippen LogP contribution in [0, 0.1) is 5.92 Å². The van der Waals surface area contributed by atoms with Gasteiger partial charge in [0.25, 0.3) is 5.91 Å². The van der Waals surface area contributed by atoms with Crippen molar-refractivity contribution in [3.63, 3.8) is 0 Å². The van der Waals surface area contributed by atoms with Gasteiger partial charge in [0, 0.05) is 25.7 Å². The quantitative estimate of drug-likeness (QED) is 0.840. The summed E-state index contributed by atoms with van der Waals surface area (Å²) >= 11 is 0. The van der Waals surface area contributed by atoms with Crippen molar-refractivity contribution >= 4 is 23.4 Å². The summed E-state index contributed by atoms with van der Waals surface area (Å²) < 4.78 is 0. The van der Waals surface area contributed by atoms with Gasteiger partial charge in [0.1, 0.15) is 0 Å². The molecule has 4 nitrogen and oxygen atoms in total. The van der Waals surface area contributed by atoms with Gasteiger partial charge in [-0.3, -0.25) is 4.79 Å². The normalized spacial score (nSPS) is 20.4. The topological polar surface area (TPSA) is 44.7 Å². The summed E-state index contributed by atoms with van der Waals surface area (Å²) in [5.41, 5.74) is 6.40. The maximum Gasteiger partial charge on any atom is 0.273 e. The van der Waals surface area contributed by atoms with E-state index in [0.29, 0.717) is 5.92 Å². The molecule has 1 saturated carbocycles. The number of carbonyl (C=O) groups excluding carboxylic acids is 1. The zero-order valence-electron chi connectivity index (χ0n) is 11.2. The minimum absolute atomic E-state index is 0.0846. The molecule has 1 fully saturated rings. The fourth-order valence-corrected chi connectivity index (χ4v) is 2.19. The number of hydrogen-bond donors (Lipinski definition) is 1. The van der Waals surface area contributed by atoms with Gasteiger partial charge >= 0.3 is 0 Å². The molecule has 1 aromatic rings. The summed E-state index contributed by atoms with van der Waals surface area (Å²) in [6.45, 7) is 0. The number of benzene rings is 1. The second kappa shape index (κ2) is 4.53. The average molecular weight is 255 g/mol. The van der Waals surface area contributed by atoms with E-state index in [9.17, 15) is 4.79 Å². The molecule has 0 bridgehead atoms. The molecule has 0 spiro atoms. The standard InChI is InChI=1S/C15H17N3O/c1-18(2)12-7-3-10(4-8-12)9-13-14(11-5-6-11)16-17-15(13)19/h3-4,7-9,11H,5-6H2,1-2H3,(H,17,19)/b13-9+. The van der Waals surface area contributed by atoms with Gasteiger partial charge in [-0.1, -0.05) is 12.1 Å². The van der Waals surface area contributed by atoms with Crippen LogP contribution in [-0.2, 0) is 4.79 Å². The first-order valence-electron chi connectivity index (χ1n) is 6.52. The van der Waals surface area contributed by atoms with Crippen molar-refractivity contribution in [3.8, 4) is 0 Å². The Balaban J connectivity index is 1.87. The van der Waals surface area contributed by atoms with Crippen LogP contribution in [0.5, 0.6) is 0 Å². The molecule has 2 aliphatic rings.